The fourth-order valence-corrected chi connectivity index (χ4v) is 2.28. The Balaban J connectivity index is 2.38. The Labute approximate surface area is 99.5 Å². The van der Waals surface area contributed by atoms with Gasteiger partial charge in [-0.1, -0.05) is 18.2 Å². The van der Waals surface area contributed by atoms with Crippen molar-refractivity contribution in [3.8, 4) is 5.75 Å². The lowest BCUT2D eigenvalue weighted by Crippen LogP contribution is -1.99. The van der Waals surface area contributed by atoms with Crippen LogP contribution in [0.3, 0.4) is 0 Å². The molecule has 0 aliphatic carbocycles. The number of aryl methyl sites for hydroxylation is 1. The van der Waals surface area contributed by atoms with Gasteiger partial charge in [-0.15, -0.1) is 0 Å². The zero-order valence-corrected chi connectivity index (χ0v) is 9.42. The number of benzene rings is 2. The van der Waals surface area contributed by atoms with Crippen molar-refractivity contribution < 1.29 is 9.68 Å². The molecule has 1 radical (unpaired) electrons. The third kappa shape index (κ3) is 1.49. The van der Waals surface area contributed by atoms with Gasteiger partial charge in [0.2, 0.25) is 0 Å². The van der Waals surface area contributed by atoms with Gasteiger partial charge in [-0.05, 0) is 24.3 Å². The Morgan fingerprint density at radius 3 is 2.65 bits per heavy atom. The zero-order chi connectivity index (χ0) is 11.8. The third-order valence-electron chi connectivity index (χ3n) is 3.07. The molecule has 2 aromatic carbocycles. The van der Waals surface area contributed by atoms with Crippen molar-refractivity contribution in [2.24, 2.45) is 7.05 Å². The van der Waals surface area contributed by atoms with Crippen LogP contribution in [0.15, 0.2) is 42.5 Å². The van der Waals surface area contributed by atoms with Gasteiger partial charge in [-0.2, -0.15) is 0 Å². The summed E-state index contributed by atoms with van der Waals surface area (Å²) in [6, 6.07) is 14.0. The lowest BCUT2D eigenvalue weighted by atomic mass is 10.1. The Kier molecular flexibility index (Phi) is 2.30. The Morgan fingerprint density at radius 1 is 1.06 bits per heavy atom. The van der Waals surface area contributed by atoms with Crippen LogP contribution in [0.25, 0.3) is 21.8 Å². The molecule has 0 aliphatic rings. The molecule has 0 aliphatic heterocycles. The lowest BCUT2D eigenvalue weighted by Gasteiger charge is -2.02. The van der Waals surface area contributed by atoms with Crippen molar-refractivity contribution in [2.75, 3.05) is 0 Å². The first-order valence-electron chi connectivity index (χ1n) is 5.41. The first-order valence-corrected chi connectivity index (χ1v) is 5.41. The number of para-hydroxylation sites is 1. The minimum absolute atomic E-state index is 0.636. The molecule has 0 fully saturated rings. The average molecular weight is 224 g/mol. The highest BCUT2D eigenvalue weighted by Crippen LogP contribution is 2.30. The number of rotatable bonds is 2. The van der Waals surface area contributed by atoms with Crippen LogP contribution in [0.4, 0.5) is 0 Å². The molecule has 0 bridgehead atoms. The molecule has 83 valence electrons. The highest BCUT2D eigenvalue weighted by atomic mass is 16.5. The van der Waals surface area contributed by atoms with Crippen molar-refractivity contribution in [1.82, 2.24) is 4.57 Å². The largest absolute Gasteiger partial charge is 0.569 e. The van der Waals surface area contributed by atoms with Crippen molar-refractivity contribution in [3.63, 3.8) is 0 Å². The predicted molar refractivity (Wildman–Crippen MR) is 69.0 cm³/mol. The van der Waals surface area contributed by atoms with Crippen LogP contribution < -0.4 is 4.65 Å². The lowest BCUT2D eigenvalue weighted by molar-refractivity contribution is 0.454. The van der Waals surface area contributed by atoms with Crippen LogP contribution in [0, 0.1) is 0 Å². The molecule has 0 spiro atoms. The van der Waals surface area contributed by atoms with Crippen LogP contribution in [0.2, 0.25) is 0 Å². The number of hydrogen-bond donors (Lipinski definition) is 1. The van der Waals surface area contributed by atoms with Gasteiger partial charge in [0.25, 0.3) is 0 Å². The smallest absolute Gasteiger partial charge is 0.537 e. The van der Waals surface area contributed by atoms with Crippen molar-refractivity contribution in [2.45, 2.75) is 0 Å². The molecule has 1 aromatic heterocycles. The minimum Gasteiger partial charge on any atom is -0.537 e. The SMILES string of the molecule is Cn1c2ccccc2c2cc(O[B]O)ccc21. The summed E-state index contributed by atoms with van der Waals surface area (Å²) in [7, 11) is 2.75. The Morgan fingerprint density at radius 2 is 1.82 bits per heavy atom. The summed E-state index contributed by atoms with van der Waals surface area (Å²) >= 11 is 0. The van der Waals surface area contributed by atoms with Gasteiger partial charge in [0.05, 0.1) is 0 Å². The fourth-order valence-electron chi connectivity index (χ4n) is 2.28. The summed E-state index contributed by atoms with van der Waals surface area (Å²) in [5.41, 5.74) is 2.34. The van der Waals surface area contributed by atoms with E-state index < -0.39 is 0 Å². The Bertz CT molecular complexity index is 690. The molecule has 1 N–H and O–H groups in total. The molecule has 0 amide bonds. The quantitative estimate of drug-likeness (QED) is 0.677. The topological polar surface area (TPSA) is 34.4 Å². The number of fused-ring (bicyclic) bond motifs is 3. The normalized spacial score (nSPS) is 10.9. The predicted octanol–water partition coefficient (Wildman–Crippen LogP) is 2.24. The van der Waals surface area contributed by atoms with Crippen molar-refractivity contribution >= 4 is 29.5 Å². The number of nitrogens with zero attached hydrogens (tertiary/aromatic N) is 1. The first kappa shape index (κ1) is 10.2. The summed E-state index contributed by atoms with van der Waals surface area (Å²) in [6.07, 6.45) is 0. The molecule has 0 atom stereocenters. The van der Waals surface area contributed by atoms with Gasteiger partial charge in [-0.3, -0.25) is 0 Å². The molecule has 3 rings (SSSR count). The van der Waals surface area contributed by atoms with E-state index in [2.05, 4.69) is 16.7 Å². The van der Waals surface area contributed by atoms with Crippen LogP contribution >= 0.6 is 0 Å². The minimum atomic E-state index is 0.636. The maximum absolute atomic E-state index is 8.66. The molecular weight excluding hydrogens is 213 g/mol. The fraction of sp³-hybridized carbons (Fsp3) is 0.0769. The summed E-state index contributed by atoms with van der Waals surface area (Å²) in [5, 5.41) is 11.0. The molecule has 3 nitrogen and oxygen atoms in total. The Hall–Kier alpha value is -1.94. The highest BCUT2D eigenvalue weighted by molar-refractivity contribution is 6.17. The van der Waals surface area contributed by atoms with Crippen LogP contribution in [0.1, 0.15) is 0 Å². The molecule has 0 unspecified atom stereocenters. The summed E-state index contributed by atoms with van der Waals surface area (Å²) in [5.74, 6) is 0.636. The molecule has 1 heterocycles. The van der Waals surface area contributed by atoms with Gasteiger partial charge < -0.3 is 14.2 Å². The van der Waals surface area contributed by atoms with E-state index in [0.29, 0.717) is 13.4 Å². The molecule has 0 saturated carbocycles. The van der Waals surface area contributed by atoms with E-state index in [1.807, 2.05) is 37.4 Å². The van der Waals surface area contributed by atoms with Crippen LogP contribution in [-0.2, 0) is 7.05 Å². The van der Waals surface area contributed by atoms with Gasteiger partial charge in [0.1, 0.15) is 5.75 Å². The van der Waals surface area contributed by atoms with E-state index >= 15 is 0 Å². The molecule has 3 aromatic rings. The maximum Gasteiger partial charge on any atom is 0.569 e. The number of hydrogen-bond acceptors (Lipinski definition) is 2. The highest BCUT2D eigenvalue weighted by Gasteiger charge is 2.08. The zero-order valence-electron chi connectivity index (χ0n) is 9.42. The van der Waals surface area contributed by atoms with Gasteiger partial charge in [0, 0.05) is 28.9 Å². The van der Waals surface area contributed by atoms with E-state index in [-0.39, 0.29) is 0 Å². The van der Waals surface area contributed by atoms with Gasteiger partial charge >= 0.3 is 7.69 Å². The second-order valence-electron chi connectivity index (χ2n) is 3.98. The standard InChI is InChI=1S/C13H11BNO2/c1-15-12-5-3-2-4-10(12)11-8-9(17-14-16)6-7-13(11)15/h2-8,16H,1H3. The van der Waals surface area contributed by atoms with Crippen molar-refractivity contribution in [1.29, 1.82) is 0 Å². The maximum atomic E-state index is 8.66. The van der Waals surface area contributed by atoms with E-state index in [1.54, 1.807) is 0 Å². The van der Waals surface area contributed by atoms with E-state index in [0.717, 1.165) is 10.9 Å². The first-order chi connectivity index (χ1) is 8.31. The average Bonchev–Trinajstić information content (AvgIpc) is 2.65. The summed E-state index contributed by atoms with van der Waals surface area (Å²) < 4.78 is 7.14. The third-order valence-corrected chi connectivity index (χ3v) is 3.07. The molecule has 17 heavy (non-hydrogen) atoms. The summed E-state index contributed by atoms with van der Waals surface area (Å²) in [6.45, 7) is 0. The monoisotopic (exact) mass is 224 g/mol. The van der Waals surface area contributed by atoms with Gasteiger partial charge in [-0.25, -0.2) is 0 Å². The number of aromatic nitrogens is 1. The molecule has 0 saturated heterocycles. The van der Waals surface area contributed by atoms with E-state index in [9.17, 15) is 0 Å². The molecular formula is C13H11BNO2. The summed E-state index contributed by atoms with van der Waals surface area (Å²) in [4.78, 5) is 0. The van der Waals surface area contributed by atoms with E-state index in [4.69, 9.17) is 9.68 Å². The van der Waals surface area contributed by atoms with Gasteiger partial charge in [0.15, 0.2) is 0 Å². The van der Waals surface area contributed by atoms with Crippen molar-refractivity contribution in [3.05, 3.63) is 42.5 Å². The van der Waals surface area contributed by atoms with Crippen LogP contribution in [0.5, 0.6) is 5.75 Å². The molecule has 4 heteroatoms. The second-order valence-corrected chi connectivity index (χ2v) is 3.98. The van der Waals surface area contributed by atoms with Crippen LogP contribution in [-0.4, -0.2) is 17.3 Å². The van der Waals surface area contributed by atoms with E-state index in [1.165, 1.54) is 10.9 Å². The second kappa shape index (κ2) is 3.82.